The van der Waals surface area contributed by atoms with Crippen molar-refractivity contribution in [1.29, 1.82) is 0 Å². The molecule has 3 aromatic rings. The van der Waals surface area contributed by atoms with Gasteiger partial charge in [-0.1, -0.05) is 79.7 Å². The van der Waals surface area contributed by atoms with Gasteiger partial charge in [-0.3, -0.25) is 0 Å². The van der Waals surface area contributed by atoms with Gasteiger partial charge in [0.2, 0.25) is 0 Å². The molecule has 0 bridgehead atoms. The summed E-state index contributed by atoms with van der Waals surface area (Å²) in [5.74, 6) is 0.886. The standard InChI is InChI=1S/C26H26O2/c1-3-24(20-10-6-4-7-11-20)26(21-12-8-5-9-13-21)22-14-16-23(17-15-22)27-18-25-19(2)28-25/h4-17,19,25H,3,18H2,1-2H3/b26-24+/t19-,25-/m0/s1. The summed E-state index contributed by atoms with van der Waals surface area (Å²) in [6.45, 7) is 4.91. The van der Waals surface area contributed by atoms with E-state index >= 15 is 0 Å². The van der Waals surface area contributed by atoms with E-state index in [1.54, 1.807) is 0 Å². The zero-order chi connectivity index (χ0) is 19.3. The Kier molecular flexibility index (Phi) is 5.59. The van der Waals surface area contributed by atoms with Crippen LogP contribution in [0, 0.1) is 0 Å². The molecule has 0 radical (unpaired) electrons. The van der Waals surface area contributed by atoms with Crippen molar-refractivity contribution in [2.75, 3.05) is 6.61 Å². The third kappa shape index (κ3) is 4.18. The van der Waals surface area contributed by atoms with Gasteiger partial charge in [0.15, 0.2) is 0 Å². The van der Waals surface area contributed by atoms with E-state index in [1.165, 1.54) is 27.8 Å². The van der Waals surface area contributed by atoms with Gasteiger partial charge in [-0.05, 0) is 53.3 Å². The molecule has 0 spiro atoms. The lowest BCUT2D eigenvalue weighted by Gasteiger charge is -2.16. The highest BCUT2D eigenvalue weighted by molar-refractivity contribution is 5.98. The predicted octanol–water partition coefficient (Wildman–Crippen LogP) is 6.22. The van der Waals surface area contributed by atoms with Crippen molar-refractivity contribution < 1.29 is 9.47 Å². The summed E-state index contributed by atoms with van der Waals surface area (Å²) in [5.41, 5.74) is 6.33. The van der Waals surface area contributed by atoms with E-state index in [0.29, 0.717) is 12.7 Å². The van der Waals surface area contributed by atoms with Crippen LogP contribution in [-0.2, 0) is 4.74 Å². The fraction of sp³-hybridized carbons (Fsp3) is 0.231. The Labute approximate surface area is 167 Å². The molecule has 0 amide bonds. The second kappa shape index (κ2) is 8.45. The van der Waals surface area contributed by atoms with Crippen LogP contribution in [0.4, 0.5) is 0 Å². The van der Waals surface area contributed by atoms with E-state index in [2.05, 4.69) is 98.8 Å². The topological polar surface area (TPSA) is 21.8 Å². The molecule has 0 saturated carbocycles. The number of allylic oxidation sites excluding steroid dienone is 1. The Morgan fingerprint density at radius 2 is 1.32 bits per heavy atom. The maximum atomic E-state index is 5.87. The van der Waals surface area contributed by atoms with E-state index in [1.807, 2.05) is 0 Å². The average molecular weight is 370 g/mol. The monoisotopic (exact) mass is 370 g/mol. The molecule has 2 nitrogen and oxygen atoms in total. The highest BCUT2D eigenvalue weighted by atomic mass is 16.6. The average Bonchev–Trinajstić information content (AvgIpc) is 3.47. The van der Waals surface area contributed by atoms with Crippen molar-refractivity contribution >= 4 is 11.1 Å². The molecular weight excluding hydrogens is 344 g/mol. The van der Waals surface area contributed by atoms with E-state index < -0.39 is 0 Å². The Morgan fingerprint density at radius 3 is 1.86 bits per heavy atom. The van der Waals surface area contributed by atoms with Crippen molar-refractivity contribution in [2.24, 2.45) is 0 Å². The summed E-state index contributed by atoms with van der Waals surface area (Å²) in [4.78, 5) is 0. The van der Waals surface area contributed by atoms with Crippen LogP contribution in [0.25, 0.3) is 11.1 Å². The molecule has 142 valence electrons. The van der Waals surface area contributed by atoms with Gasteiger partial charge >= 0.3 is 0 Å². The molecule has 1 saturated heterocycles. The van der Waals surface area contributed by atoms with Crippen molar-refractivity contribution in [2.45, 2.75) is 32.5 Å². The van der Waals surface area contributed by atoms with Crippen LogP contribution >= 0.6 is 0 Å². The van der Waals surface area contributed by atoms with Crippen molar-refractivity contribution in [1.82, 2.24) is 0 Å². The SMILES string of the molecule is CC/C(=C(/c1ccccc1)c1ccc(OC[C@@H]2O[C@H]2C)cc1)c1ccccc1. The lowest BCUT2D eigenvalue weighted by atomic mass is 9.88. The van der Waals surface area contributed by atoms with Gasteiger partial charge in [-0.25, -0.2) is 0 Å². The molecule has 0 N–H and O–H groups in total. The molecule has 4 rings (SSSR count). The zero-order valence-corrected chi connectivity index (χ0v) is 16.5. The lowest BCUT2D eigenvalue weighted by Crippen LogP contribution is -2.06. The maximum absolute atomic E-state index is 5.87. The van der Waals surface area contributed by atoms with Gasteiger partial charge in [0, 0.05) is 0 Å². The summed E-state index contributed by atoms with van der Waals surface area (Å²) in [6, 6.07) is 29.7. The molecule has 28 heavy (non-hydrogen) atoms. The minimum Gasteiger partial charge on any atom is -0.491 e. The van der Waals surface area contributed by atoms with E-state index in [4.69, 9.17) is 9.47 Å². The summed E-state index contributed by atoms with van der Waals surface area (Å²) in [7, 11) is 0. The van der Waals surface area contributed by atoms with Crippen LogP contribution in [0.1, 0.15) is 37.0 Å². The Bertz CT molecular complexity index is 927. The molecule has 2 heteroatoms. The molecule has 1 aliphatic rings. The van der Waals surface area contributed by atoms with E-state index in [0.717, 1.165) is 12.2 Å². The lowest BCUT2D eigenvalue weighted by molar-refractivity contribution is 0.261. The first-order valence-corrected chi connectivity index (χ1v) is 9.99. The van der Waals surface area contributed by atoms with Crippen LogP contribution in [0.15, 0.2) is 84.9 Å². The van der Waals surface area contributed by atoms with E-state index in [9.17, 15) is 0 Å². The second-order valence-electron chi connectivity index (χ2n) is 7.15. The Hall–Kier alpha value is -2.84. The van der Waals surface area contributed by atoms with Crippen LogP contribution in [-0.4, -0.2) is 18.8 Å². The van der Waals surface area contributed by atoms with Gasteiger partial charge in [0.1, 0.15) is 18.5 Å². The minimum absolute atomic E-state index is 0.240. The fourth-order valence-corrected chi connectivity index (χ4v) is 3.59. The molecule has 0 aromatic heterocycles. The first kappa shape index (κ1) is 18.5. The van der Waals surface area contributed by atoms with Crippen LogP contribution in [0.2, 0.25) is 0 Å². The zero-order valence-electron chi connectivity index (χ0n) is 16.5. The maximum Gasteiger partial charge on any atom is 0.119 e. The number of hydrogen-bond donors (Lipinski definition) is 0. The first-order valence-electron chi connectivity index (χ1n) is 9.99. The van der Waals surface area contributed by atoms with Gasteiger partial charge < -0.3 is 9.47 Å². The van der Waals surface area contributed by atoms with Gasteiger partial charge in [-0.15, -0.1) is 0 Å². The second-order valence-corrected chi connectivity index (χ2v) is 7.15. The van der Waals surface area contributed by atoms with Crippen LogP contribution < -0.4 is 4.74 Å². The predicted molar refractivity (Wildman–Crippen MR) is 115 cm³/mol. The van der Waals surface area contributed by atoms with Crippen LogP contribution in [0.3, 0.4) is 0 Å². The highest BCUT2D eigenvalue weighted by Gasteiger charge is 2.34. The van der Waals surface area contributed by atoms with Gasteiger partial charge in [0.25, 0.3) is 0 Å². The number of ether oxygens (including phenoxy) is 2. The summed E-state index contributed by atoms with van der Waals surface area (Å²) in [5, 5.41) is 0. The molecule has 3 aromatic carbocycles. The van der Waals surface area contributed by atoms with Crippen molar-refractivity contribution in [3.05, 3.63) is 102 Å². The molecule has 1 fully saturated rings. The largest absolute Gasteiger partial charge is 0.491 e. The third-order valence-electron chi connectivity index (χ3n) is 5.23. The normalized spacial score (nSPS) is 19.1. The molecule has 0 unspecified atom stereocenters. The Balaban J connectivity index is 1.70. The number of rotatable bonds is 7. The fourth-order valence-electron chi connectivity index (χ4n) is 3.59. The van der Waals surface area contributed by atoms with Crippen molar-refractivity contribution in [3.63, 3.8) is 0 Å². The summed E-state index contributed by atoms with van der Waals surface area (Å²) >= 11 is 0. The molecule has 1 aliphatic heterocycles. The number of hydrogen-bond acceptors (Lipinski definition) is 2. The number of epoxide rings is 1. The summed E-state index contributed by atoms with van der Waals surface area (Å²) in [6.07, 6.45) is 1.53. The van der Waals surface area contributed by atoms with E-state index in [-0.39, 0.29) is 6.10 Å². The summed E-state index contributed by atoms with van der Waals surface area (Å²) < 4.78 is 11.3. The molecular formula is C26H26O2. The smallest absolute Gasteiger partial charge is 0.119 e. The molecule has 0 aliphatic carbocycles. The quantitative estimate of drug-likeness (QED) is 0.364. The first-order chi connectivity index (χ1) is 13.8. The molecule has 1 heterocycles. The van der Waals surface area contributed by atoms with Gasteiger partial charge in [-0.2, -0.15) is 0 Å². The third-order valence-corrected chi connectivity index (χ3v) is 5.23. The number of benzene rings is 3. The van der Waals surface area contributed by atoms with Crippen molar-refractivity contribution in [3.8, 4) is 5.75 Å². The highest BCUT2D eigenvalue weighted by Crippen LogP contribution is 2.35. The van der Waals surface area contributed by atoms with Gasteiger partial charge in [0.05, 0.1) is 6.10 Å². The Morgan fingerprint density at radius 1 is 0.786 bits per heavy atom. The minimum atomic E-state index is 0.240. The molecule has 2 atom stereocenters. The van der Waals surface area contributed by atoms with Crippen LogP contribution in [0.5, 0.6) is 5.75 Å².